The molecule has 4 N–H and O–H groups in total. The molecule has 0 saturated heterocycles. The van der Waals surface area contributed by atoms with Gasteiger partial charge in [0.1, 0.15) is 0 Å². The van der Waals surface area contributed by atoms with E-state index in [0.29, 0.717) is 0 Å². The molecular formula is CH8Ba2O4. The van der Waals surface area contributed by atoms with E-state index in [1.54, 1.807) is 0 Å². The summed E-state index contributed by atoms with van der Waals surface area (Å²) < 4.78 is 0. The van der Waals surface area contributed by atoms with Gasteiger partial charge in [0.15, 0.2) is 0 Å². The fraction of sp³-hybridized carbons (Fsp3) is 0. The minimum atomic E-state index is -1.83. The first-order valence-corrected chi connectivity index (χ1v) is 0.651. The number of carboxylic acid groups (broad SMARTS) is 2. The van der Waals surface area contributed by atoms with Crippen molar-refractivity contribution in [2.75, 3.05) is 0 Å². The Bertz CT molecular complexity index is 43.1. The van der Waals surface area contributed by atoms with E-state index in [0.717, 1.165) is 0 Å². The molecule has 0 fully saturated rings. The quantitative estimate of drug-likeness (QED) is 0.549. The smallest absolute Gasteiger partial charge is 1.00 e. The minimum absolute atomic E-state index is 0. The fourth-order valence-corrected chi connectivity index (χ4v) is 0. The minimum Gasteiger partial charge on any atom is -1.00 e. The van der Waals surface area contributed by atoms with Gasteiger partial charge in [-0.2, -0.15) is 0 Å². The van der Waals surface area contributed by atoms with Crippen LogP contribution in [0.25, 0.3) is 0 Å². The van der Waals surface area contributed by atoms with Gasteiger partial charge in [-0.3, -0.25) is 0 Å². The Hall–Kier alpha value is 2.37. The summed E-state index contributed by atoms with van der Waals surface area (Å²) >= 11 is 0. The maximum absolute atomic E-state index is 8.56. The Morgan fingerprint density at radius 2 is 1.29 bits per heavy atom. The average molecular weight is 359 g/mol. The van der Waals surface area contributed by atoms with E-state index in [1.165, 1.54) is 0 Å². The molecule has 4 nitrogen and oxygen atoms in total. The normalized spacial score (nSPS) is 3.43. The maximum atomic E-state index is 8.56. The van der Waals surface area contributed by atoms with Crippen molar-refractivity contribution in [2.45, 2.75) is 0 Å². The van der Waals surface area contributed by atoms with E-state index in [-0.39, 0.29) is 109 Å². The van der Waals surface area contributed by atoms with Crippen LogP contribution < -0.4 is 0 Å². The summed E-state index contributed by atoms with van der Waals surface area (Å²) in [7, 11) is 0. The summed E-state index contributed by atoms with van der Waals surface area (Å²) in [5, 5.41) is 13.9. The van der Waals surface area contributed by atoms with Gasteiger partial charge in [0.25, 0.3) is 0 Å². The van der Waals surface area contributed by atoms with Crippen molar-refractivity contribution in [1.82, 2.24) is 0 Å². The molecule has 40 valence electrons. The standard InChI is InChI=1S/CH2O3.2Ba.H2O.4H/c2-1(3)4;;;;;;;/h(H2,2,3,4);;;1H2;;;;/q;2*+2;;4*-1. The largest absolute Gasteiger partial charge is 2.00 e. The van der Waals surface area contributed by atoms with Crippen LogP contribution in [-0.4, -0.2) is 120 Å². The molecule has 6 heteroatoms. The van der Waals surface area contributed by atoms with Crippen molar-refractivity contribution in [3.8, 4) is 0 Å². The zero-order valence-corrected chi connectivity index (χ0v) is 12.6. The molecule has 0 atom stereocenters. The van der Waals surface area contributed by atoms with Crippen LogP contribution in [0.4, 0.5) is 4.79 Å². The number of hydrogen-bond donors (Lipinski definition) is 2. The fourth-order valence-electron chi connectivity index (χ4n) is 0. The third kappa shape index (κ3) is 60.4. The topological polar surface area (TPSA) is 89.0 Å². The molecule has 7 heavy (non-hydrogen) atoms. The Morgan fingerprint density at radius 3 is 1.29 bits per heavy atom. The molecule has 0 aromatic heterocycles. The summed E-state index contributed by atoms with van der Waals surface area (Å²) in [5.41, 5.74) is 0. The zero-order chi connectivity index (χ0) is 3.58. The molecule has 0 amide bonds. The van der Waals surface area contributed by atoms with E-state index < -0.39 is 6.16 Å². The number of rotatable bonds is 0. The van der Waals surface area contributed by atoms with Crippen molar-refractivity contribution < 1.29 is 26.2 Å². The van der Waals surface area contributed by atoms with E-state index in [4.69, 9.17) is 15.0 Å². The van der Waals surface area contributed by atoms with Crippen molar-refractivity contribution in [3.63, 3.8) is 0 Å². The van der Waals surface area contributed by atoms with Gasteiger partial charge in [0.05, 0.1) is 0 Å². The van der Waals surface area contributed by atoms with Crippen LogP contribution in [-0.2, 0) is 0 Å². The van der Waals surface area contributed by atoms with Crippen LogP contribution in [0.5, 0.6) is 0 Å². The van der Waals surface area contributed by atoms with Gasteiger partial charge in [0, 0.05) is 0 Å². The molecule has 0 aromatic rings. The Balaban J connectivity index is -0.00000000214. The van der Waals surface area contributed by atoms with E-state index in [1.807, 2.05) is 0 Å². The Morgan fingerprint density at radius 1 is 1.29 bits per heavy atom. The first-order valence-electron chi connectivity index (χ1n) is 0.651. The van der Waals surface area contributed by atoms with Gasteiger partial charge in [-0.05, 0) is 0 Å². The van der Waals surface area contributed by atoms with Gasteiger partial charge in [0.2, 0.25) is 0 Å². The zero-order valence-electron chi connectivity index (χ0n) is 7.72. The molecule has 0 heterocycles. The second-order valence-electron chi connectivity index (χ2n) is 0.283. The number of hydrogen-bond acceptors (Lipinski definition) is 1. The molecule has 0 bridgehead atoms. The summed E-state index contributed by atoms with van der Waals surface area (Å²) in [6.45, 7) is 0. The second kappa shape index (κ2) is 15.8. The molecular weight excluding hydrogens is 351 g/mol. The SMILES string of the molecule is O.O=C(O)O.[Ba+2].[Ba+2].[H-].[H-].[H-].[H-]. The van der Waals surface area contributed by atoms with Crippen LogP contribution in [0, 0.1) is 0 Å². The van der Waals surface area contributed by atoms with Crippen molar-refractivity contribution in [1.29, 1.82) is 0 Å². The molecule has 0 aliphatic carbocycles. The van der Waals surface area contributed by atoms with Crippen LogP contribution in [0.3, 0.4) is 0 Å². The van der Waals surface area contributed by atoms with Gasteiger partial charge in [-0.1, -0.05) is 0 Å². The van der Waals surface area contributed by atoms with Gasteiger partial charge in [-0.15, -0.1) is 0 Å². The van der Waals surface area contributed by atoms with Crippen LogP contribution in [0.1, 0.15) is 5.71 Å². The molecule has 0 aromatic carbocycles. The third-order valence-electron chi connectivity index (χ3n) is 0. The van der Waals surface area contributed by atoms with E-state index >= 15 is 0 Å². The van der Waals surface area contributed by atoms with E-state index in [9.17, 15) is 0 Å². The Labute approximate surface area is 127 Å². The Kier molecular flexibility index (Phi) is 51.3. The third-order valence-corrected chi connectivity index (χ3v) is 0. The first-order chi connectivity index (χ1) is 1.73. The van der Waals surface area contributed by atoms with Crippen LogP contribution in [0.15, 0.2) is 0 Å². The molecule has 0 radical (unpaired) electrons. The van der Waals surface area contributed by atoms with Crippen LogP contribution >= 0.6 is 0 Å². The summed E-state index contributed by atoms with van der Waals surface area (Å²) in [4.78, 5) is 8.56. The van der Waals surface area contributed by atoms with Crippen molar-refractivity contribution in [2.24, 2.45) is 0 Å². The van der Waals surface area contributed by atoms with Crippen molar-refractivity contribution in [3.05, 3.63) is 0 Å². The summed E-state index contributed by atoms with van der Waals surface area (Å²) in [6.07, 6.45) is -1.83. The number of carbonyl (C=O) groups is 1. The molecule has 0 aliphatic rings. The first kappa shape index (κ1) is 22.8. The molecule has 0 unspecified atom stereocenters. The van der Waals surface area contributed by atoms with Gasteiger partial charge < -0.3 is 21.4 Å². The summed E-state index contributed by atoms with van der Waals surface area (Å²) in [6, 6.07) is 0. The van der Waals surface area contributed by atoms with Gasteiger partial charge in [-0.25, -0.2) is 4.79 Å². The maximum Gasteiger partial charge on any atom is 2.00 e. The monoisotopic (exact) mass is 360 g/mol. The van der Waals surface area contributed by atoms with Gasteiger partial charge >= 0.3 is 104 Å². The predicted molar refractivity (Wildman–Crippen MR) is 30.2 cm³/mol. The summed E-state index contributed by atoms with van der Waals surface area (Å²) in [5.74, 6) is 0. The van der Waals surface area contributed by atoms with Crippen molar-refractivity contribution >= 4 is 104 Å². The molecule has 0 aliphatic heterocycles. The van der Waals surface area contributed by atoms with E-state index in [2.05, 4.69) is 0 Å². The molecule has 0 rings (SSSR count). The molecule has 0 spiro atoms. The predicted octanol–water partition coefficient (Wildman–Crippen LogP) is -0.914. The molecule has 0 saturated carbocycles. The van der Waals surface area contributed by atoms with Crippen LogP contribution in [0.2, 0.25) is 0 Å². The average Bonchev–Trinajstić information content (AvgIpc) is 0.811. The second-order valence-corrected chi connectivity index (χ2v) is 0.283.